The lowest BCUT2D eigenvalue weighted by molar-refractivity contribution is 0.0762. The van der Waals surface area contributed by atoms with Gasteiger partial charge in [0.15, 0.2) is 0 Å². The molecule has 0 aliphatic carbocycles. The summed E-state index contributed by atoms with van der Waals surface area (Å²) in [5.41, 5.74) is 1.56. The second-order valence-electron chi connectivity index (χ2n) is 6.09. The standard InChI is InChI=1S/C19H20IN3O2/c20-15-7-8-17(22-18(24)14-6-5-9-21-13-14)16(12-15)19(25)23-10-3-1-2-4-11-23/h5-9,12-13H,1-4,10-11H2,(H,22,24). The third-order valence-corrected chi connectivity index (χ3v) is 4.95. The highest BCUT2D eigenvalue weighted by Gasteiger charge is 2.21. The Bertz CT molecular complexity index is 757. The predicted octanol–water partition coefficient (Wildman–Crippen LogP) is 3.95. The molecule has 130 valence electrons. The molecular formula is C19H20IN3O2. The molecule has 25 heavy (non-hydrogen) atoms. The van der Waals surface area contributed by atoms with Gasteiger partial charge in [-0.15, -0.1) is 0 Å². The minimum Gasteiger partial charge on any atom is -0.339 e. The number of halogens is 1. The summed E-state index contributed by atoms with van der Waals surface area (Å²) in [4.78, 5) is 31.3. The number of carbonyl (C=O) groups excluding carboxylic acids is 2. The Morgan fingerprint density at radius 1 is 1.08 bits per heavy atom. The van der Waals surface area contributed by atoms with Gasteiger partial charge in [-0.05, 0) is 65.8 Å². The van der Waals surface area contributed by atoms with Crippen LogP contribution < -0.4 is 5.32 Å². The first-order valence-corrected chi connectivity index (χ1v) is 9.53. The van der Waals surface area contributed by atoms with E-state index in [1.165, 1.54) is 19.0 Å². The van der Waals surface area contributed by atoms with Gasteiger partial charge in [-0.25, -0.2) is 0 Å². The van der Waals surface area contributed by atoms with Crippen molar-refractivity contribution in [1.29, 1.82) is 0 Å². The summed E-state index contributed by atoms with van der Waals surface area (Å²) in [5.74, 6) is -0.277. The average Bonchev–Trinajstić information content (AvgIpc) is 2.92. The van der Waals surface area contributed by atoms with Gasteiger partial charge < -0.3 is 10.2 Å². The minimum absolute atomic E-state index is 0.0121. The molecule has 1 N–H and O–H groups in total. The van der Waals surface area contributed by atoms with Gasteiger partial charge in [0, 0.05) is 29.1 Å². The van der Waals surface area contributed by atoms with Crippen molar-refractivity contribution in [2.24, 2.45) is 0 Å². The summed E-state index contributed by atoms with van der Waals surface area (Å²) >= 11 is 2.19. The lowest BCUT2D eigenvalue weighted by Crippen LogP contribution is -2.32. The highest BCUT2D eigenvalue weighted by molar-refractivity contribution is 14.1. The zero-order valence-electron chi connectivity index (χ0n) is 13.9. The maximum absolute atomic E-state index is 13.0. The maximum atomic E-state index is 13.0. The molecule has 0 radical (unpaired) electrons. The normalized spacial score (nSPS) is 14.7. The Morgan fingerprint density at radius 3 is 2.52 bits per heavy atom. The number of hydrogen-bond donors (Lipinski definition) is 1. The van der Waals surface area contributed by atoms with Crippen molar-refractivity contribution in [2.75, 3.05) is 18.4 Å². The van der Waals surface area contributed by atoms with Gasteiger partial charge in [-0.3, -0.25) is 14.6 Å². The largest absolute Gasteiger partial charge is 0.339 e. The van der Waals surface area contributed by atoms with Gasteiger partial charge >= 0.3 is 0 Å². The number of hydrogen-bond acceptors (Lipinski definition) is 3. The van der Waals surface area contributed by atoms with Crippen molar-refractivity contribution in [3.8, 4) is 0 Å². The number of carbonyl (C=O) groups is 2. The Kier molecular flexibility index (Phi) is 6.01. The molecule has 1 aliphatic rings. The molecule has 1 saturated heterocycles. The molecule has 2 amide bonds. The fourth-order valence-electron chi connectivity index (χ4n) is 2.94. The van der Waals surface area contributed by atoms with Crippen molar-refractivity contribution in [2.45, 2.75) is 25.7 Å². The first kappa shape index (κ1) is 17.8. The van der Waals surface area contributed by atoms with Crippen molar-refractivity contribution in [3.05, 3.63) is 57.4 Å². The van der Waals surface area contributed by atoms with E-state index >= 15 is 0 Å². The van der Waals surface area contributed by atoms with Crippen LogP contribution in [0.2, 0.25) is 0 Å². The molecule has 0 spiro atoms. The van der Waals surface area contributed by atoms with Crippen molar-refractivity contribution >= 4 is 40.1 Å². The van der Waals surface area contributed by atoms with E-state index in [2.05, 4.69) is 32.9 Å². The topological polar surface area (TPSA) is 62.3 Å². The lowest BCUT2D eigenvalue weighted by Gasteiger charge is -2.22. The third-order valence-electron chi connectivity index (χ3n) is 4.28. The van der Waals surface area contributed by atoms with E-state index in [9.17, 15) is 9.59 Å². The van der Waals surface area contributed by atoms with E-state index in [0.717, 1.165) is 29.5 Å². The zero-order chi connectivity index (χ0) is 17.6. The molecule has 5 nitrogen and oxygen atoms in total. The van der Waals surface area contributed by atoms with Crippen LogP contribution in [0.4, 0.5) is 5.69 Å². The molecule has 0 bridgehead atoms. The molecular weight excluding hydrogens is 429 g/mol. The number of nitrogens with one attached hydrogen (secondary N) is 1. The van der Waals surface area contributed by atoms with Crippen LogP contribution in [0.25, 0.3) is 0 Å². The summed E-state index contributed by atoms with van der Waals surface area (Å²) in [6.45, 7) is 1.56. The number of amides is 2. The third kappa shape index (κ3) is 4.56. The van der Waals surface area contributed by atoms with Crippen molar-refractivity contribution in [1.82, 2.24) is 9.88 Å². The van der Waals surface area contributed by atoms with Crippen molar-refractivity contribution in [3.63, 3.8) is 0 Å². The second-order valence-corrected chi connectivity index (χ2v) is 7.34. The van der Waals surface area contributed by atoms with Crippen LogP contribution >= 0.6 is 22.6 Å². The average molecular weight is 449 g/mol. The van der Waals surface area contributed by atoms with E-state index in [0.29, 0.717) is 16.8 Å². The number of nitrogens with zero attached hydrogens (tertiary/aromatic N) is 2. The molecule has 0 saturated carbocycles. The fourth-order valence-corrected chi connectivity index (χ4v) is 3.43. The van der Waals surface area contributed by atoms with E-state index < -0.39 is 0 Å². The molecule has 1 fully saturated rings. The Labute approximate surface area is 161 Å². The van der Waals surface area contributed by atoms with E-state index in [1.54, 1.807) is 24.4 Å². The minimum atomic E-state index is -0.265. The van der Waals surface area contributed by atoms with Gasteiger partial charge in [0.05, 0.1) is 16.8 Å². The first-order chi connectivity index (χ1) is 12.1. The van der Waals surface area contributed by atoms with Crippen LogP contribution in [0, 0.1) is 3.57 Å². The van der Waals surface area contributed by atoms with Crippen LogP contribution in [0.15, 0.2) is 42.7 Å². The summed E-state index contributed by atoms with van der Waals surface area (Å²) in [6.07, 6.45) is 7.54. The van der Waals surface area contributed by atoms with E-state index in [1.807, 2.05) is 17.0 Å². The molecule has 1 aliphatic heterocycles. The molecule has 2 aromatic rings. The monoisotopic (exact) mass is 449 g/mol. The van der Waals surface area contributed by atoms with Gasteiger partial charge in [-0.2, -0.15) is 0 Å². The molecule has 0 unspecified atom stereocenters. The number of aromatic nitrogens is 1. The summed E-state index contributed by atoms with van der Waals surface area (Å²) < 4.78 is 0.968. The summed E-state index contributed by atoms with van der Waals surface area (Å²) in [5, 5.41) is 2.86. The zero-order valence-corrected chi connectivity index (χ0v) is 16.0. The van der Waals surface area contributed by atoms with E-state index in [4.69, 9.17) is 0 Å². The quantitative estimate of drug-likeness (QED) is 0.722. The van der Waals surface area contributed by atoms with Gasteiger partial charge in [-0.1, -0.05) is 12.8 Å². The fraction of sp³-hybridized carbons (Fsp3) is 0.316. The molecule has 1 aromatic carbocycles. The van der Waals surface area contributed by atoms with Gasteiger partial charge in [0.1, 0.15) is 0 Å². The highest BCUT2D eigenvalue weighted by atomic mass is 127. The van der Waals surface area contributed by atoms with Crippen LogP contribution in [0.1, 0.15) is 46.4 Å². The number of rotatable bonds is 3. The molecule has 2 heterocycles. The van der Waals surface area contributed by atoms with Gasteiger partial charge in [0.2, 0.25) is 0 Å². The molecule has 3 rings (SSSR count). The van der Waals surface area contributed by atoms with Crippen molar-refractivity contribution < 1.29 is 9.59 Å². The highest BCUT2D eigenvalue weighted by Crippen LogP contribution is 2.23. The first-order valence-electron chi connectivity index (χ1n) is 8.45. The number of anilines is 1. The Hall–Kier alpha value is -1.96. The number of pyridine rings is 1. The van der Waals surface area contributed by atoms with Crippen LogP contribution in [-0.4, -0.2) is 34.8 Å². The SMILES string of the molecule is O=C(Nc1ccc(I)cc1C(=O)N1CCCCCC1)c1cccnc1. The second kappa shape index (κ2) is 8.42. The Balaban J connectivity index is 1.85. The summed E-state index contributed by atoms with van der Waals surface area (Å²) in [7, 11) is 0. The van der Waals surface area contributed by atoms with Crippen LogP contribution in [0.3, 0.4) is 0 Å². The number of likely N-dealkylation sites (tertiary alicyclic amines) is 1. The Morgan fingerprint density at radius 2 is 1.84 bits per heavy atom. The van der Waals surface area contributed by atoms with Gasteiger partial charge in [0.25, 0.3) is 11.8 Å². The maximum Gasteiger partial charge on any atom is 0.257 e. The van der Waals surface area contributed by atoms with Crippen LogP contribution in [0.5, 0.6) is 0 Å². The smallest absolute Gasteiger partial charge is 0.257 e. The molecule has 0 atom stereocenters. The summed E-state index contributed by atoms with van der Waals surface area (Å²) in [6, 6.07) is 8.93. The lowest BCUT2D eigenvalue weighted by atomic mass is 10.1. The van der Waals surface area contributed by atoms with Crippen LogP contribution in [-0.2, 0) is 0 Å². The number of benzene rings is 1. The predicted molar refractivity (Wildman–Crippen MR) is 106 cm³/mol. The molecule has 6 heteroatoms. The molecule has 1 aromatic heterocycles. The van der Waals surface area contributed by atoms with E-state index in [-0.39, 0.29) is 11.8 Å².